The summed E-state index contributed by atoms with van der Waals surface area (Å²) in [4.78, 5) is 26.5. The fourth-order valence-electron chi connectivity index (χ4n) is 2.87. The van der Waals surface area contributed by atoms with E-state index in [1.54, 1.807) is 31.2 Å². The number of hydrogen-bond acceptors (Lipinski definition) is 3. The number of rotatable bonds is 3. The zero-order chi connectivity index (χ0) is 17.3. The molecule has 0 unspecified atom stereocenters. The highest BCUT2D eigenvalue weighted by Gasteiger charge is 2.48. The number of benzene rings is 2. The number of hydrogen-bond donors (Lipinski definition) is 1. The van der Waals surface area contributed by atoms with Gasteiger partial charge in [-0.05, 0) is 42.7 Å². The Morgan fingerprint density at radius 2 is 1.79 bits per heavy atom. The molecule has 0 bridgehead atoms. The Bertz CT molecular complexity index is 852. The summed E-state index contributed by atoms with van der Waals surface area (Å²) in [6, 6.07) is 16.0. The summed E-state index contributed by atoms with van der Waals surface area (Å²) in [5, 5.41) is 11.7. The van der Waals surface area contributed by atoms with Crippen molar-refractivity contribution >= 4 is 11.9 Å². The second kappa shape index (κ2) is 5.82. The molecule has 1 aliphatic rings. The predicted octanol–water partition coefficient (Wildman–Crippen LogP) is 2.83. The van der Waals surface area contributed by atoms with Crippen molar-refractivity contribution in [2.45, 2.75) is 25.9 Å². The molecule has 0 radical (unpaired) electrons. The first-order chi connectivity index (χ1) is 11.5. The van der Waals surface area contributed by atoms with E-state index in [4.69, 9.17) is 5.26 Å². The summed E-state index contributed by atoms with van der Waals surface area (Å²) in [5.41, 5.74) is 2.02. The van der Waals surface area contributed by atoms with Crippen molar-refractivity contribution in [3.05, 3.63) is 70.8 Å². The van der Waals surface area contributed by atoms with Gasteiger partial charge in [-0.25, -0.2) is 4.79 Å². The van der Waals surface area contributed by atoms with Crippen molar-refractivity contribution in [3.8, 4) is 6.07 Å². The van der Waals surface area contributed by atoms with Gasteiger partial charge in [0.05, 0.1) is 18.2 Å². The molecule has 24 heavy (non-hydrogen) atoms. The Morgan fingerprint density at radius 3 is 2.42 bits per heavy atom. The number of nitrogens with one attached hydrogen (secondary N) is 1. The monoisotopic (exact) mass is 319 g/mol. The van der Waals surface area contributed by atoms with Crippen LogP contribution < -0.4 is 5.32 Å². The average Bonchev–Trinajstić information content (AvgIpc) is 2.81. The van der Waals surface area contributed by atoms with Crippen LogP contribution in [0.5, 0.6) is 0 Å². The van der Waals surface area contributed by atoms with Crippen molar-refractivity contribution in [3.63, 3.8) is 0 Å². The lowest BCUT2D eigenvalue weighted by atomic mass is 9.91. The molecule has 120 valence electrons. The van der Waals surface area contributed by atoms with Crippen LogP contribution in [0, 0.1) is 18.3 Å². The van der Waals surface area contributed by atoms with Crippen molar-refractivity contribution in [1.82, 2.24) is 10.2 Å². The Labute approximate surface area is 140 Å². The van der Waals surface area contributed by atoms with Gasteiger partial charge < -0.3 is 5.32 Å². The lowest BCUT2D eigenvalue weighted by Gasteiger charge is -2.22. The van der Waals surface area contributed by atoms with Crippen LogP contribution in [-0.2, 0) is 16.9 Å². The standard InChI is InChI=1S/C19H17N3O2/c1-13-5-3-4-6-15(13)12-22-17(23)19(2,21-18(22)24)16-9-7-14(11-20)8-10-16/h3-10H,12H2,1-2H3,(H,21,24)/t19-/m1/s1. The Hall–Kier alpha value is -3.13. The molecule has 5 nitrogen and oxygen atoms in total. The maximum atomic E-state index is 12.9. The highest BCUT2D eigenvalue weighted by atomic mass is 16.2. The van der Waals surface area contributed by atoms with Crippen LogP contribution in [0.25, 0.3) is 0 Å². The van der Waals surface area contributed by atoms with E-state index in [9.17, 15) is 9.59 Å². The Kier molecular flexibility index (Phi) is 3.82. The van der Waals surface area contributed by atoms with E-state index in [1.807, 2.05) is 37.3 Å². The van der Waals surface area contributed by atoms with Crippen molar-refractivity contribution in [1.29, 1.82) is 5.26 Å². The molecule has 5 heteroatoms. The minimum atomic E-state index is -1.12. The zero-order valence-electron chi connectivity index (χ0n) is 13.5. The van der Waals surface area contributed by atoms with Gasteiger partial charge in [-0.15, -0.1) is 0 Å². The summed E-state index contributed by atoms with van der Waals surface area (Å²) < 4.78 is 0. The second-order valence-corrected chi connectivity index (χ2v) is 6.06. The molecule has 0 saturated carbocycles. The largest absolute Gasteiger partial charge is 0.325 e. The maximum absolute atomic E-state index is 12.9. The van der Waals surface area contributed by atoms with Gasteiger partial charge >= 0.3 is 6.03 Å². The van der Waals surface area contributed by atoms with E-state index in [0.717, 1.165) is 11.1 Å². The van der Waals surface area contributed by atoms with Gasteiger partial charge in [-0.2, -0.15) is 5.26 Å². The van der Waals surface area contributed by atoms with Gasteiger partial charge in [0, 0.05) is 0 Å². The Morgan fingerprint density at radius 1 is 1.12 bits per heavy atom. The molecule has 3 amide bonds. The van der Waals surface area contributed by atoms with Crippen LogP contribution in [-0.4, -0.2) is 16.8 Å². The molecule has 1 aliphatic heterocycles. The van der Waals surface area contributed by atoms with Crippen LogP contribution >= 0.6 is 0 Å². The number of carbonyl (C=O) groups excluding carboxylic acids is 2. The fraction of sp³-hybridized carbons (Fsp3) is 0.211. The van der Waals surface area contributed by atoms with Crippen molar-refractivity contribution in [2.75, 3.05) is 0 Å². The van der Waals surface area contributed by atoms with E-state index in [-0.39, 0.29) is 12.5 Å². The third kappa shape index (κ3) is 2.52. The average molecular weight is 319 g/mol. The summed E-state index contributed by atoms with van der Waals surface area (Å²) in [6.45, 7) is 3.88. The SMILES string of the molecule is Cc1ccccc1CN1C(=O)N[C@](C)(c2ccc(C#N)cc2)C1=O. The quantitative estimate of drug-likeness (QED) is 0.884. The van der Waals surface area contributed by atoms with Gasteiger partial charge in [0.1, 0.15) is 5.54 Å². The smallest absolute Gasteiger partial charge is 0.319 e. The first kappa shape index (κ1) is 15.8. The van der Waals surface area contributed by atoms with Crippen LogP contribution in [0.4, 0.5) is 4.79 Å². The molecule has 0 aliphatic carbocycles. The van der Waals surface area contributed by atoms with E-state index >= 15 is 0 Å². The molecular weight excluding hydrogens is 302 g/mol. The third-order valence-corrected chi connectivity index (χ3v) is 4.46. The lowest BCUT2D eigenvalue weighted by Crippen LogP contribution is -2.40. The topological polar surface area (TPSA) is 73.2 Å². The number of nitrogens with zero attached hydrogens (tertiary/aromatic N) is 2. The Balaban J connectivity index is 1.90. The van der Waals surface area contributed by atoms with Gasteiger partial charge in [0.15, 0.2) is 0 Å². The number of nitriles is 1. The second-order valence-electron chi connectivity index (χ2n) is 6.06. The molecule has 3 rings (SSSR count). The summed E-state index contributed by atoms with van der Waals surface area (Å²) in [7, 11) is 0. The third-order valence-electron chi connectivity index (χ3n) is 4.46. The van der Waals surface area contributed by atoms with E-state index in [1.165, 1.54) is 4.90 Å². The number of carbonyl (C=O) groups is 2. The predicted molar refractivity (Wildman–Crippen MR) is 88.8 cm³/mol. The number of urea groups is 1. The number of aryl methyl sites for hydroxylation is 1. The molecular formula is C19H17N3O2. The van der Waals surface area contributed by atoms with Crippen LogP contribution in [0.3, 0.4) is 0 Å². The molecule has 1 atom stereocenters. The number of imide groups is 1. The van der Waals surface area contributed by atoms with Gasteiger partial charge in [-0.1, -0.05) is 36.4 Å². The van der Waals surface area contributed by atoms with Gasteiger partial charge in [0.2, 0.25) is 0 Å². The molecule has 0 spiro atoms. The number of amides is 3. The van der Waals surface area contributed by atoms with E-state index in [2.05, 4.69) is 5.32 Å². The summed E-state index contributed by atoms with van der Waals surface area (Å²) in [6.07, 6.45) is 0. The highest BCUT2D eigenvalue weighted by Crippen LogP contribution is 2.30. The van der Waals surface area contributed by atoms with Gasteiger partial charge in [-0.3, -0.25) is 9.69 Å². The normalized spacial score (nSPS) is 20.0. The first-order valence-electron chi connectivity index (χ1n) is 7.65. The molecule has 1 heterocycles. The maximum Gasteiger partial charge on any atom is 0.325 e. The van der Waals surface area contributed by atoms with E-state index < -0.39 is 11.6 Å². The van der Waals surface area contributed by atoms with Crippen molar-refractivity contribution < 1.29 is 9.59 Å². The minimum Gasteiger partial charge on any atom is -0.319 e. The fourth-order valence-corrected chi connectivity index (χ4v) is 2.87. The molecule has 2 aromatic carbocycles. The van der Waals surface area contributed by atoms with Gasteiger partial charge in [0.25, 0.3) is 5.91 Å². The van der Waals surface area contributed by atoms with Crippen LogP contribution in [0.15, 0.2) is 48.5 Å². The molecule has 2 aromatic rings. The lowest BCUT2D eigenvalue weighted by molar-refractivity contribution is -0.131. The van der Waals surface area contributed by atoms with Crippen LogP contribution in [0.2, 0.25) is 0 Å². The molecule has 1 fully saturated rings. The molecule has 1 saturated heterocycles. The summed E-state index contributed by atoms with van der Waals surface area (Å²) in [5.74, 6) is -0.291. The highest BCUT2D eigenvalue weighted by molar-refractivity contribution is 6.07. The molecule has 0 aromatic heterocycles. The summed E-state index contributed by atoms with van der Waals surface area (Å²) >= 11 is 0. The van der Waals surface area contributed by atoms with Crippen LogP contribution in [0.1, 0.15) is 29.2 Å². The molecule has 1 N–H and O–H groups in total. The van der Waals surface area contributed by atoms with E-state index in [0.29, 0.717) is 11.1 Å². The minimum absolute atomic E-state index is 0.239. The van der Waals surface area contributed by atoms with Crippen molar-refractivity contribution in [2.24, 2.45) is 0 Å². The first-order valence-corrected chi connectivity index (χ1v) is 7.65. The zero-order valence-corrected chi connectivity index (χ0v) is 13.5.